The zero-order valence-electron chi connectivity index (χ0n) is 6.62. The minimum Gasteiger partial charge on any atom is -0.165 e. The molecule has 0 bridgehead atoms. The lowest BCUT2D eigenvalue weighted by molar-refractivity contribution is -0.0847. The maximum Gasteiger partial charge on any atom is 0.426 e. The highest BCUT2D eigenvalue weighted by Crippen LogP contribution is 2.30. The van der Waals surface area contributed by atoms with E-state index in [1.165, 1.54) is 0 Å². The second kappa shape index (κ2) is 4.38. The topological polar surface area (TPSA) is 0 Å². The van der Waals surface area contributed by atoms with Crippen molar-refractivity contribution in [2.45, 2.75) is 25.4 Å². The van der Waals surface area contributed by atoms with Crippen LogP contribution >= 0.6 is 23.2 Å². The largest absolute Gasteiger partial charge is 0.426 e. The van der Waals surface area contributed by atoms with Gasteiger partial charge in [0.15, 0.2) is 0 Å². The molecule has 1 atom stereocenters. The minimum atomic E-state index is -4.48. The monoisotopic (exact) mass is 220 g/mol. The summed E-state index contributed by atoms with van der Waals surface area (Å²) in [6.07, 6.45) is -3.67. The Morgan fingerprint density at radius 3 is 2.00 bits per heavy atom. The molecule has 0 amide bonds. The summed E-state index contributed by atoms with van der Waals surface area (Å²) in [5, 5.41) is -1.84. The summed E-state index contributed by atoms with van der Waals surface area (Å²) in [5.74, 6) is -0.0669. The van der Waals surface area contributed by atoms with Crippen molar-refractivity contribution in [1.82, 2.24) is 0 Å². The number of hydrogen-bond acceptors (Lipinski definition) is 0. The molecule has 0 aromatic carbocycles. The van der Waals surface area contributed by atoms with Gasteiger partial charge in [-0.25, -0.2) is 0 Å². The van der Waals surface area contributed by atoms with Crippen LogP contribution in [0.25, 0.3) is 0 Å². The third-order valence-electron chi connectivity index (χ3n) is 1.21. The Kier molecular flexibility index (Phi) is 4.42. The van der Waals surface area contributed by atoms with E-state index in [9.17, 15) is 13.2 Å². The third kappa shape index (κ3) is 4.21. The Morgan fingerprint density at radius 1 is 1.33 bits per heavy atom. The molecule has 0 aliphatic carbocycles. The predicted octanol–water partition coefficient (Wildman–Crippen LogP) is 3.93. The highest BCUT2D eigenvalue weighted by molar-refractivity contribution is 6.31. The second-order valence-electron chi connectivity index (χ2n) is 2.70. The molecule has 5 heteroatoms. The average molecular weight is 221 g/mol. The van der Waals surface area contributed by atoms with Crippen LogP contribution in [0.15, 0.2) is 11.1 Å². The Hall–Kier alpha value is 0.110. The van der Waals surface area contributed by atoms with Gasteiger partial charge in [-0.3, -0.25) is 0 Å². The first-order valence-corrected chi connectivity index (χ1v) is 4.15. The first-order valence-electron chi connectivity index (χ1n) is 3.33. The Labute approximate surface area is 79.3 Å². The van der Waals surface area contributed by atoms with E-state index in [0.29, 0.717) is 0 Å². The highest BCUT2D eigenvalue weighted by atomic mass is 35.5. The summed E-state index contributed by atoms with van der Waals surface area (Å²) in [5.41, 5.74) is 0. The molecule has 0 aliphatic heterocycles. The van der Waals surface area contributed by atoms with Crippen LogP contribution in [-0.4, -0.2) is 11.6 Å². The van der Waals surface area contributed by atoms with E-state index in [4.69, 9.17) is 23.2 Å². The summed E-state index contributed by atoms with van der Waals surface area (Å²) in [7, 11) is 0. The molecule has 0 nitrogen and oxygen atoms in total. The van der Waals surface area contributed by atoms with E-state index in [1.807, 2.05) is 0 Å². The van der Waals surface area contributed by atoms with Gasteiger partial charge in [-0.1, -0.05) is 25.4 Å². The van der Waals surface area contributed by atoms with Crippen molar-refractivity contribution < 1.29 is 13.2 Å². The number of halogens is 5. The van der Waals surface area contributed by atoms with Crippen LogP contribution in [0.5, 0.6) is 0 Å². The van der Waals surface area contributed by atoms with Crippen molar-refractivity contribution in [3.63, 3.8) is 0 Å². The first kappa shape index (κ1) is 12.1. The number of alkyl halides is 4. The van der Waals surface area contributed by atoms with Crippen LogP contribution < -0.4 is 0 Å². The lowest BCUT2D eigenvalue weighted by atomic mass is 10.1. The van der Waals surface area contributed by atoms with Gasteiger partial charge in [-0.15, -0.1) is 11.6 Å². The van der Waals surface area contributed by atoms with E-state index >= 15 is 0 Å². The number of rotatable bonds is 2. The standard InChI is InChI=1S/C7H9Cl2F3/c1-4(2)5(8)3-6(9)7(10,11)12/h3-5H,1-2H3/b6-3-. The fourth-order valence-electron chi connectivity index (χ4n) is 0.427. The average Bonchev–Trinajstić information content (AvgIpc) is 1.85. The molecular formula is C7H9Cl2F3. The van der Waals surface area contributed by atoms with Crippen LogP contribution in [0.3, 0.4) is 0 Å². The molecule has 72 valence electrons. The van der Waals surface area contributed by atoms with Gasteiger partial charge in [0.2, 0.25) is 0 Å². The van der Waals surface area contributed by atoms with Crippen LogP contribution in [0, 0.1) is 5.92 Å². The van der Waals surface area contributed by atoms with Gasteiger partial charge in [0.1, 0.15) is 5.03 Å². The lowest BCUT2D eigenvalue weighted by Gasteiger charge is -2.10. The van der Waals surface area contributed by atoms with Crippen LogP contribution in [0.1, 0.15) is 13.8 Å². The quantitative estimate of drug-likeness (QED) is 0.619. The minimum absolute atomic E-state index is 0.0669. The van der Waals surface area contributed by atoms with E-state index in [2.05, 4.69) is 0 Å². The number of hydrogen-bond donors (Lipinski definition) is 0. The van der Waals surface area contributed by atoms with Crippen LogP contribution in [0.4, 0.5) is 13.2 Å². The molecule has 0 saturated carbocycles. The van der Waals surface area contributed by atoms with E-state index in [1.54, 1.807) is 13.8 Å². The smallest absolute Gasteiger partial charge is 0.165 e. The molecule has 0 N–H and O–H groups in total. The molecule has 1 unspecified atom stereocenters. The van der Waals surface area contributed by atoms with Crippen molar-refractivity contribution in [3.8, 4) is 0 Å². The summed E-state index contributed by atoms with van der Waals surface area (Å²) in [4.78, 5) is 0. The first-order chi connectivity index (χ1) is 5.25. The molecule has 0 saturated heterocycles. The molecule has 0 heterocycles. The van der Waals surface area contributed by atoms with Crippen molar-refractivity contribution in [3.05, 3.63) is 11.1 Å². The molecule has 0 aliphatic rings. The maximum absolute atomic E-state index is 11.8. The predicted molar refractivity (Wildman–Crippen MR) is 44.5 cm³/mol. The molecule has 0 radical (unpaired) electrons. The van der Waals surface area contributed by atoms with Gasteiger partial charge in [-0.05, 0) is 12.0 Å². The molecule has 0 fully saturated rings. The molecule has 0 rings (SSSR count). The second-order valence-corrected chi connectivity index (χ2v) is 3.61. The van der Waals surface area contributed by atoms with Gasteiger partial charge in [0.25, 0.3) is 0 Å². The van der Waals surface area contributed by atoms with Crippen molar-refractivity contribution in [2.75, 3.05) is 0 Å². The summed E-state index contributed by atoms with van der Waals surface area (Å²) in [6, 6.07) is 0. The van der Waals surface area contributed by atoms with Crippen LogP contribution in [0.2, 0.25) is 0 Å². The highest BCUT2D eigenvalue weighted by Gasteiger charge is 2.32. The van der Waals surface area contributed by atoms with E-state index < -0.39 is 16.6 Å². The fraction of sp³-hybridized carbons (Fsp3) is 0.714. The van der Waals surface area contributed by atoms with Crippen molar-refractivity contribution in [2.24, 2.45) is 5.92 Å². The summed E-state index contributed by atoms with van der Waals surface area (Å²) >= 11 is 10.5. The SMILES string of the molecule is CC(C)C(Cl)/C=C(\Cl)C(F)(F)F. The Balaban J connectivity index is 4.36. The van der Waals surface area contributed by atoms with Crippen LogP contribution in [-0.2, 0) is 0 Å². The molecule has 0 spiro atoms. The van der Waals surface area contributed by atoms with Gasteiger partial charge in [0, 0.05) is 0 Å². The summed E-state index contributed by atoms with van der Waals surface area (Å²) < 4.78 is 35.4. The summed E-state index contributed by atoms with van der Waals surface area (Å²) in [6.45, 7) is 3.43. The molecule has 0 aromatic rings. The molecule has 12 heavy (non-hydrogen) atoms. The normalized spacial score (nSPS) is 16.8. The van der Waals surface area contributed by atoms with Crippen molar-refractivity contribution in [1.29, 1.82) is 0 Å². The Bertz CT molecular complexity index is 172. The van der Waals surface area contributed by atoms with E-state index in [0.717, 1.165) is 6.08 Å². The van der Waals surface area contributed by atoms with E-state index in [-0.39, 0.29) is 5.92 Å². The lowest BCUT2D eigenvalue weighted by Crippen LogP contribution is -2.11. The molecular weight excluding hydrogens is 212 g/mol. The molecule has 0 aromatic heterocycles. The number of allylic oxidation sites excluding steroid dienone is 2. The van der Waals surface area contributed by atoms with Crippen molar-refractivity contribution >= 4 is 23.2 Å². The fourth-order valence-corrected chi connectivity index (χ4v) is 0.753. The van der Waals surface area contributed by atoms with Gasteiger partial charge in [-0.2, -0.15) is 13.2 Å². The zero-order chi connectivity index (χ0) is 9.94. The van der Waals surface area contributed by atoms with Gasteiger partial charge in [0.05, 0.1) is 5.38 Å². The Morgan fingerprint density at radius 2 is 1.75 bits per heavy atom. The van der Waals surface area contributed by atoms with Gasteiger partial charge < -0.3 is 0 Å². The zero-order valence-corrected chi connectivity index (χ0v) is 8.13. The maximum atomic E-state index is 11.8. The third-order valence-corrected chi connectivity index (χ3v) is 2.18. The van der Waals surface area contributed by atoms with Gasteiger partial charge >= 0.3 is 6.18 Å².